The fourth-order valence-electron chi connectivity index (χ4n) is 1.71. The van der Waals surface area contributed by atoms with Gasteiger partial charge in [0.05, 0.1) is 0 Å². The van der Waals surface area contributed by atoms with E-state index in [0.29, 0.717) is 5.41 Å². The Morgan fingerprint density at radius 2 is 2.00 bits per heavy atom. The molecular formula is C12H21NO. The third-order valence-electron chi connectivity index (χ3n) is 2.13. The van der Waals surface area contributed by atoms with E-state index in [4.69, 9.17) is 10.2 Å². The summed E-state index contributed by atoms with van der Waals surface area (Å²) in [6.07, 6.45) is 1.86. The molecule has 0 aliphatic rings. The summed E-state index contributed by atoms with van der Waals surface area (Å²) in [6, 6.07) is 4.19. The van der Waals surface area contributed by atoms with Gasteiger partial charge in [0.15, 0.2) is 0 Å². The second kappa shape index (κ2) is 4.18. The molecule has 1 rings (SSSR count). The van der Waals surface area contributed by atoms with Crippen molar-refractivity contribution in [2.24, 2.45) is 11.1 Å². The fraction of sp³-hybridized carbons (Fsp3) is 0.667. The molecule has 0 spiro atoms. The molecule has 0 radical (unpaired) electrons. The van der Waals surface area contributed by atoms with Crippen LogP contribution in [0.25, 0.3) is 0 Å². The third kappa shape index (κ3) is 3.97. The first kappa shape index (κ1) is 11.3. The summed E-state index contributed by atoms with van der Waals surface area (Å²) in [4.78, 5) is 0. The molecule has 0 bridgehead atoms. The van der Waals surface area contributed by atoms with Crippen molar-refractivity contribution >= 4 is 0 Å². The van der Waals surface area contributed by atoms with Crippen LogP contribution in [-0.4, -0.2) is 6.04 Å². The minimum Gasteiger partial charge on any atom is -0.466 e. The molecule has 0 saturated heterocycles. The van der Waals surface area contributed by atoms with Crippen LogP contribution in [0.1, 0.15) is 38.7 Å². The molecule has 1 atom stereocenters. The zero-order chi connectivity index (χ0) is 10.8. The van der Waals surface area contributed by atoms with E-state index >= 15 is 0 Å². The predicted molar refractivity (Wildman–Crippen MR) is 59.2 cm³/mol. The van der Waals surface area contributed by atoms with Gasteiger partial charge in [0.25, 0.3) is 0 Å². The van der Waals surface area contributed by atoms with Gasteiger partial charge in [-0.15, -0.1) is 0 Å². The Bertz CT molecular complexity index is 283. The van der Waals surface area contributed by atoms with Gasteiger partial charge in [0.2, 0.25) is 0 Å². The molecule has 80 valence electrons. The van der Waals surface area contributed by atoms with Crippen LogP contribution in [0.3, 0.4) is 0 Å². The van der Waals surface area contributed by atoms with E-state index in [1.807, 2.05) is 19.1 Å². The highest BCUT2D eigenvalue weighted by Crippen LogP contribution is 2.21. The van der Waals surface area contributed by atoms with Crippen LogP contribution >= 0.6 is 0 Å². The molecule has 0 saturated carbocycles. The molecule has 0 amide bonds. The number of nitrogens with two attached hydrogens (primary N) is 1. The Hall–Kier alpha value is -0.760. The number of hydrogen-bond donors (Lipinski definition) is 1. The lowest BCUT2D eigenvalue weighted by Gasteiger charge is -2.22. The smallest absolute Gasteiger partial charge is 0.105 e. The molecule has 2 heteroatoms. The fourth-order valence-corrected chi connectivity index (χ4v) is 1.71. The summed E-state index contributed by atoms with van der Waals surface area (Å²) in [6.45, 7) is 8.58. The van der Waals surface area contributed by atoms with Crippen molar-refractivity contribution in [1.82, 2.24) is 0 Å². The average molecular weight is 195 g/mol. The second-order valence-corrected chi connectivity index (χ2v) is 5.24. The zero-order valence-electron chi connectivity index (χ0n) is 9.63. The van der Waals surface area contributed by atoms with E-state index in [1.54, 1.807) is 0 Å². The molecule has 0 aliphatic heterocycles. The first-order valence-electron chi connectivity index (χ1n) is 5.18. The highest BCUT2D eigenvalue weighted by atomic mass is 16.3. The summed E-state index contributed by atoms with van der Waals surface area (Å²) >= 11 is 0. The van der Waals surface area contributed by atoms with Gasteiger partial charge in [-0.1, -0.05) is 20.8 Å². The Kier molecular flexibility index (Phi) is 3.38. The van der Waals surface area contributed by atoms with Crippen LogP contribution in [0.4, 0.5) is 0 Å². The van der Waals surface area contributed by atoms with E-state index in [0.717, 1.165) is 24.4 Å². The highest BCUT2D eigenvalue weighted by Gasteiger charge is 2.16. The van der Waals surface area contributed by atoms with Crippen molar-refractivity contribution < 1.29 is 4.42 Å². The number of rotatable bonds is 3. The lowest BCUT2D eigenvalue weighted by atomic mass is 9.87. The summed E-state index contributed by atoms with van der Waals surface area (Å²) in [5.41, 5.74) is 6.33. The Labute approximate surface area is 86.5 Å². The molecule has 0 aromatic carbocycles. The van der Waals surface area contributed by atoms with Crippen molar-refractivity contribution in [3.05, 3.63) is 23.7 Å². The largest absolute Gasteiger partial charge is 0.466 e. The highest BCUT2D eigenvalue weighted by molar-refractivity contribution is 5.06. The zero-order valence-corrected chi connectivity index (χ0v) is 9.63. The van der Waals surface area contributed by atoms with Gasteiger partial charge in [0, 0.05) is 12.5 Å². The van der Waals surface area contributed by atoms with E-state index in [9.17, 15) is 0 Å². The van der Waals surface area contributed by atoms with Gasteiger partial charge >= 0.3 is 0 Å². The van der Waals surface area contributed by atoms with Crippen molar-refractivity contribution in [3.63, 3.8) is 0 Å². The topological polar surface area (TPSA) is 39.2 Å². The van der Waals surface area contributed by atoms with Crippen LogP contribution < -0.4 is 5.73 Å². The van der Waals surface area contributed by atoms with Crippen molar-refractivity contribution in [2.45, 2.75) is 46.6 Å². The Morgan fingerprint density at radius 3 is 2.43 bits per heavy atom. The van der Waals surface area contributed by atoms with Gasteiger partial charge in [-0.3, -0.25) is 0 Å². The van der Waals surface area contributed by atoms with Crippen LogP contribution in [0.15, 0.2) is 16.5 Å². The first-order chi connectivity index (χ1) is 6.37. The summed E-state index contributed by atoms with van der Waals surface area (Å²) in [5.74, 6) is 1.96. The summed E-state index contributed by atoms with van der Waals surface area (Å²) < 4.78 is 5.49. The number of hydrogen-bond acceptors (Lipinski definition) is 2. The predicted octanol–water partition coefficient (Wildman–Crippen LogP) is 2.89. The van der Waals surface area contributed by atoms with Gasteiger partial charge < -0.3 is 10.2 Å². The molecule has 0 fully saturated rings. The first-order valence-corrected chi connectivity index (χ1v) is 5.18. The molecule has 1 aromatic heterocycles. The molecule has 2 N–H and O–H groups in total. The molecule has 1 heterocycles. The van der Waals surface area contributed by atoms with E-state index in [1.165, 1.54) is 0 Å². The monoisotopic (exact) mass is 195 g/mol. The van der Waals surface area contributed by atoms with Gasteiger partial charge in [0.1, 0.15) is 11.5 Å². The molecule has 0 aliphatic carbocycles. The van der Waals surface area contributed by atoms with Crippen LogP contribution in [0.5, 0.6) is 0 Å². The maximum Gasteiger partial charge on any atom is 0.105 e. The van der Waals surface area contributed by atoms with Crippen molar-refractivity contribution in [3.8, 4) is 0 Å². The quantitative estimate of drug-likeness (QED) is 0.805. The maximum atomic E-state index is 6.04. The minimum atomic E-state index is 0.195. The van der Waals surface area contributed by atoms with Crippen LogP contribution in [0.2, 0.25) is 0 Å². The van der Waals surface area contributed by atoms with E-state index in [-0.39, 0.29) is 6.04 Å². The molecular weight excluding hydrogens is 174 g/mol. The lowest BCUT2D eigenvalue weighted by molar-refractivity contribution is 0.328. The number of furan rings is 1. The van der Waals surface area contributed by atoms with E-state index in [2.05, 4.69) is 20.8 Å². The summed E-state index contributed by atoms with van der Waals surface area (Å²) in [5, 5.41) is 0. The summed E-state index contributed by atoms with van der Waals surface area (Å²) in [7, 11) is 0. The minimum absolute atomic E-state index is 0.195. The molecule has 1 unspecified atom stereocenters. The number of aryl methyl sites for hydroxylation is 1. The average Bonchev–Trinajstić information content (AvgIpc) is 2.30. The van der Waals surface area contributed by atoms with Crippen LogP contribution in [0, 0.1) is 12.3 Å². The van der Waals surface area contributed by atoms with Crippen LogP contribution in [-0.2, 0) is 6.42 Å². The van der Waals surface area contributed by atoms with Gasteiger partial charge in [-0.25, -0.2) is 0 Å². The van der Waals surface area contributed by atoms with Gasteiger partial charge in [-0.2, -0.15) is 0 Å². The maximum absolute atomic E-state index is 6.04. The van der Waals surface area contributed by atoms with Crippen molar-refractivity contribution in [1.29, 1.82) is 0 Å². The SMILES string of the molecule is Cc1ccc(CC(N)CC(C)(C)C)o1. The molecule has 2 nitrogen and oxygen atoms in total. The van der Waals surface area contributed by atoms with Crippen molar-refractivity contribution in [2.75, 3.05) is 0 Å². The Morgan fingerprint density at radius 1 is 1.36 bits per heavy atom. The third-order valence-corrected chi connectivity index (χ3v) is 2.13. The molecule has 14 heavy (non-hydrogen) atoms. The molecule has 1 aromatic rings. The van der Waals surface area contributed by atoms with Gasteiger partial charge in [-0.05, 0) is 30.9 Å². The second-order valence-electron chi connectivity index (χ2n) is 5.24. The van der Waals surface area contributed by atoms with E-state index < -0.39 is 0 Å². The Balaban J connectivity index is 2.45. The lowest BCUT2D eigenvalue weighted by Crippen LogP contribution is -2.28. The normalized spacial score (nSPS) is 14.4. The standard InChI is InChI=1S/C12H21NO/c1-9-5-6-11(14-9)7-10(13)8-12(2,3)4/h5-6,10H,7-8,13H2,1-4H3.